The van der Waals surface area contributed by atoms with Crippen LogP contribution >= 0.6 is 0 Å². The number of carbonyl (C=O) groups is 1. The molecular weight excluding hydrogens is 246 g/mol. The van der Waals surface area contributed by atoms with Gasteiger partial charge in [-0.2, -0.15) is 0 Å². The van der Waals surface area contributed by atoms with E-state index in [1.165, 1.54) is 6.20 Å². The molecule has 0 aromatic carbocycles. The first-order valence-corrected chi connectivity index (χ1v) is 6.23. The zero-order valence-electron chi connectivity index (χ0n) is 11.6. The molecule has 3 N–H and O–H groups in total. The summed E-state index contributed by atoms with van der Waals surface area (Å²) in [6.45, 7) is 5.39. The van der Waals surface area contributed by atoms with E-state index in [0.717, 1.165) is 0 Å². The van der Waals surface area contributed by atoms with Gasteiger partial charge in [-0.05, 0) is 18.9 Å². The Bertz CT molecular complexity index is 424. The first kappa shape index (κ1) is 15.2. The van der Waals surface area contributed by atoms with Gasteiger partial charge in [0.25, 0.3) is 0 Å². The maximum atomic E-state index is 11.8. The third kappa shape index (κ3) is 4.75. The molecule has 106 valence electrons. The largest absolute Gasteiger partial charge is 0.462 e. The van der Waals surface area contributed by atoms with Crippen LogP contribution < -0.4 is 11.1 Å². The lowest BCUT2D eigenvalue weighted by molar-refractivity contribution is 0.0527. The number of nitrogens with two attached hydrogens (primary N) is 1. The minimum absolute atomic E-state index is 0.305. The van der Waals surface area contributed by atoms with E-state index >= 15 is 0 Å². The summed E-state index contributed by atoms with van der Waals surface area (Å²) in [7, 11) is 1.65. The highest BCUT2D eigenvalue weighted by Gasteiger charge is 2.15. The van der Waals surface area contributed by atoms with Crippen LogP contribution in [0, 0.1) is 5.92 Å². The molecule has 0 aliphatic heterocycles. The van der Waals surface area contributed by atoms with E-state index < -0.39 is 5.97 Å². The molecule has 0 amide bonds. The van der Waals surface area contributed by atoms with Crippen molar-refractivity contribution in [2.45, 2.75) is 13.8 Å². The molecule has 1 aromatic heterocycles. The second-order valence-electron chi connectivity index (χ2n) is 4.33. The quantitative estimate of drug-likeness (QED) is 0.729. The molecule has 0 spiro atoms. The van der Waals surface area contributed by atoms with Crippen LogP contribution in [0.5, 0.6) is 0 Å². The fourth-order valence-corrected chi connectivity index (χ4v) is 1.60. The molecule has 0 radical (unpaired) electrons. The topological polar surface area (TPSA) is 86.5 Å². The Balaban J connectivity index is 2.79. The number of nitrogens with one attached hydrogen (secondary N) is 1. The van der Waals surface area contributed by atoms with Gasteiger partial charge in [-0.1, -0.05) is 6.92 Å². The molecule has 1 atom stereocenters. The molecule has 1 heterocycles. The van der Waals surface area contributed by atoms with Crippen molar-refractivity contribution in [2.75, 3.05) is 37.9 Å². The van der Waals surface area contributed by atoms with Gasteiger partial charge in [0.05, 0.1) is 25.1 Å². The van der Waals surface area contributed by atoms with E-state index in [1.807, 2.05) is 6.92 Å². The summed E-state index contributed by atoms with van der Waals surface area (Å²) < 4.78 is 10.0. The van der Waals surface area contributed by atoms with E-state index in [2.05, 4.69) is 10.3 Å². The molecule has 0 saturated heterocycles. The molecule has 1 unspecified atom stereocenters. The Morgan fingerprint density at radius 3 is 2.95 bits per heavy atom. The second kappa shape index (κ2) is 7.58. The van der Waals surface area contributed by atoms with Crippen molar-refractivity contribution in [1.29, 1.82) is 0 Å². The lowest BCUT2D eigenvalue weighted by atomic mass is 10.2. The first-order chi connectivity index (χ1) is 9.08. The predicted molar refractivity (Wildman–Crippen MR) is 74.1 cm³/mol. The van der Waals surface area contributed by atoms with Gasteiger partial charge >= 0.3 is 5.97 Å². The molecule has 1 aromatic rings. The molecule has 6 heteroatoms. The number of anilines is 2. The van der Waals surface area contributed by atoms with Gasteiger partial charge in [-0.3, -0.25) is 0 Å². The van der Waals surface area contributed by atoms with Crippen molar-refractivity contribution in [1.82, 2.24) is 4.98 Å². The van der Waals surface area contributed by atoms with Crippen molar-refractivity contribution in [3.8, 4) is 0 Å². The van der Waals surface area contributed by atoms with Crippen molar-refractivity contribution in [3.05, 3.63) is 17.8 Å². The van der Waals surface area contributed by atoms with Crippen LogP contribution in [-0.4, -0.2) is 37.8 Å². The molecule has 0 fully saturated rings. The second-order valence-corrected chi connectivity index (χ2v) is 4.33. The average molecular weight is 267 g/mol. The molecule has 6 nitrogen and oxygen atoms in total. The van der Waals surface area contributed by atoms with Gasteiger partial charge in [0.2, 0.25) is 0 Å². The maximum Gasteiger partial charge on any atom is 0.341 e. The van der Waals surface area contributed by atoms with Crippen LogP contribution in [0.4, 0.5) is 11.5 Å². The molecule has 0 aliphatic rings. The van der Waals surface area contributed by atoms with Crippen molar-refractivity contribution in [3.63, 3.8) is 0 Å². The Hall–Kier alpha value is -1.82. The SMILES string of the molecule is CCOC(=O)c1cc(N)cnc1NCC(C)COC. The summed E-state index contributed by atoms with van der Waals surface area (Å²) in [6, 6.07) is 1.56. The van der Waals surface area contributed by atoms with Crippen molar-refractivity contribution in [2.24, 2.45) is 5.92 Å². The summed E-state index contributed by atoms with van der Waals surface area (Å²) in [6.07, 6.45) is 1.51. The minimum Gasteiger partial charge on any atom is -0.462 e. The minimum atomic E-state index is -0.427. The third-order valence-corrected chi connectivity index (χ3v) is 2.47. The van der Waals surface area contributed by atoms with Gasteiger partial charge in [-0.15, -0.1) is 0 Å². The maximum absolute atomic E-state index is 11.8. The van der Waals surface area contributed by atoms with Gasteiger partial charge in [-0.25, -0.2) is 9.78 Å². The highest BCUT2D eigenvalue weighted by molar-refractivity contribution is 5.95. The van der Waals surface area contributed by atoms with Gasteiger partial charge in [0, 0.05) is 13.7 Å². The molecule has 0 saturated carbocycles. The number of rotatable bonds is 7. The van der Waals surface area contributed by atoms with E-state index in [0.29, 0.717) is 42.7 Å². The predicted octanol–water partition coefficient (Wildman–Crippen LogP) is 1.53. The Kier molecular flexibility index (Phi) is 6.08. The average Bonchev–Trinajstić information content (AvgIpc) is 2.38. The lowest BCUT2D eigenvalue weighted by Crippen LogP contribution is -2.19. The van der Waals surface area contributed by atoms with E-state index in [9.17, 15) is 4.79 Å². The van der Waals surface area contributed by atoms with Crippen molar-refractivity contribution < 1.29 is 14.3 Å². The number of nitrogen functional groups attached to an aromatic ring is 1. The summed E-state index contributed by atoms with van der Waals surface area (Å²) >= 11 is 0. The molecule has 1 rings (SSSR count). The summed E-state index contributed by atoms with van der Waals surface area (Å²) in [4.78, 5) is 15.9. The smallest absolute Gasteiger partial charge is 0.341 e. The van der Waals surface area contributed by atoms with Crippen LogP contribution in [0.2, 0.25) is 0 Å². The van der Waals surface area contributed by atoms with Gasteiger partial charge in [0.1, 0.15) is 11.4 Å². The normalized spacial score (nSPS) is 11.9. The molecule has 19 heavy (non-hydrogen) atoms. The number of esters is 1. The zero-order valence-corrected chi connectivity index (χ0v) is 11.6. The van der Waals surface area contributed by atoms with E-state index in [1.54, 1.807) is 20.1 Å². The number of ether oxygens (including phenoxy) is 2. The fraction of sp³-hybridized carbons (Fsp3) is 0.538. The monoisotopic (exact) mass is 267 g/mol. The number of pyridine rings is 1. The molecule has 0 aliphatic carbocycles. The number of carbonyl (C=O) groups excluding carboxylic acids is 1. The summed E-state index contributed by atoms with van der Waals surface area (Å²) in [5.41, 5.74) is 6.43. The van der Waals surface area contributed by atoms with Crippen molar-refractivity contribution >= 4 is 17.5 Å². The molecule has 0 bridgehead atoms. The number of nitrogens with zero attached hydrogens (tertiary/aromatic N) is 1. The first-order valence-electron chi connectivity index (χ1n) is 6.23. The zero-order chi connectivity index (χ0) is 14.3. The van der Waals surface area contributed by atoms with Crippen LogP contribution in [0.1, 0.15) is 24.2 Å². The molecular formula is C13H21N3O3. The number of methoxy groups -OCH3 is 1. The van der Waals surface area contributed by atoms with Crippen LogP contribution in [-0.2, 0) is 9.47 Å². The Morgan fingerprint density at radius 2 is 2.32 bits per heavy atom. The van der Waals surface area contributed by atoms with Crippen LogP contribution in [0.15, 0.2) is 12.3 Å². The van der Waals surface area contributed by atoms with Crippen LogP contribution in [0.25, 0.3) is 0 Å². The number of hydrogen-bond acceptors (Lipinski definition) is 6. The van der Waals surface area contributed by atoms with E-state index in [4.69, 9.17) is 15.2 Å². The van der Waals surface area contributed by atoms with Crippen LogP contribution in [0.3, 0.4) is 0 Å². The van der Waals surface area contributed by atoms with E-state index in [-0.39, 0.29) is 0 Å². The number of aromatic nitrogens is 1. The lowest BCUT2D eigenvalue weighted by Gasteiger charge is -2.14. The fourth-order valence-electron chi connectivity index (χ4n) is 1.60. The summed E-state index contributed by atoms with van der Waals surface area (Å²) in [5, 5.41) is 3.12. The van der Waals surface area contributed by atoms with Gasteiger partial charge in [0.15, 0.2) is 0 Å². The highest BCUT2D eigenvalue weighted by atomic mass is 16.5. The third-order valence-electron chi connectivity index (χ3n) is 2.47. The van der Waals surface area contributed by atoms with Gasteiger partial charge < -0.3 is 20.5 Å². The highest BCUT2D eigenvalue weighted by Crippen LogP contribution is 2.17. The number of hydrogen-bond donors (Lipinski definition) is 2. The standard InChI is InChI=1S/C13H21N3O3/c1-4-19-13(17)11-5-10(14)7-16-12(11)15-6-9(2)8-18-3/h5,7,9H,4,6,8,14H2,1-3H3,(H,15,16). The summed E-state index contributed by atoms with van der Waals surface area (Å²) in [5.74, 6) is 0.360. The Morgan fingerprint density at radius 1 is 1.58 bits per heavy atom. The Labute approximate surface area is 113 Å².